The molecule has 0 aliphatic rings. The normalized spacial score (nSPS) is 10.6. The quantitative estimate of drug-likeness (QED) is 0.654. The number of carbonyl (C=O) groups is 1. The summed E-state index contributed by atoms with van der Waals surface area (Å²) in [5, 5.41) is 12.1. The zero-order valence-electron chi connectivity index (χ0n) is 13.7. The van der Waals surface area contributed by atoms with E-state index in [1.54, 1.807) is 13.8 Å². The van der Waals surface area contributed by atoms with E-state index < -0.39 is 0 Å². The standard InChI is InChI=1S/C19H16N2O2S/c1-4-23-19(22)17-12(3)21-18(24-17)14-8-13-6-5-11(2)7-16(13)15(9-14)10-20/h5-9H,4H2,1-3H3. The van der Waals surface area contributed by atoms with Crippen LogP contribution in [0.5, 0.6) is 0 Å². The number of nitrogens with zero attached hydrogens (tertiary/aromatic N) is 2. The van der Waals surface area contributed by atoms with Crippen molar-refractivity contribution in [1.82, 2.24) is 4.98 Å². The molecule has 0 unspecified atom stereocenters. The molecule has 0 bridgehead atoms. The SMILES string of the molecule is CCOC(=O)c1sc(-c2cc(C#N)c3cc(C)ccc3c2)nc1C. The molecular formula is C19H16N2O2S. The largest absolute Gasteiger partial charge is 0.462 e. The highest BCUT2D eigenvalue weighted by Crippen LogP contribution is 2.32. The monoisotopic (exact) mass is 336 g/mol. The summed E-state index contributed by atoms with van der Waals surface area (Å²) in [6.07, 6.45) is 0. The zero-order chi connectivity index (χ0) is 17.3. The van der Waals surface area contributed by atoms with Crippen LogP contribution in [0.2, 0.25) is 0 Å². The summed E-state index contributed by atoms with van der Waals surface area (Å²) < 4.78 is 5.07. The lowest BCUT2D eigenvalue weighted by Gasteiger charge is -2.05. The first-order valence-electron chi connectivity index (χ1n) is 7.63. The van der Waals surface area contributed by atoms with E-state index in [4.69, 9.17) is 4.74 Å². The van der Waals surface area contributed by atoms with Gasteiger partial charge in [-0.3, -0.25) is 0 Å². The third kappa shape index (κ3) is 2.89. The van der Waals surface area contributed by atoms with Crippen LogP contribution in [0.1, 0.15) is 33.4 Å². The number of hydrogen-bond donors (Lipinski definition) is 0. The second kappa shape index (κ2) is 6.42. The lowest BCUT2D eigenvalue weighted by Crippen LogP contribution is -2.03. The lowest BCUT2D eigenvalue weighted by molar-refractivity contribution is 0.0531. The minimum atomic E-state index is -0.351. The summed E-state index contributed by atoms with van der Waals surface area (Å²) in [6.45, 7) is 5.91. The van der Waals surface area contributed by atoms with Gasteiger partial charge in [0.05, 0.1) is 23.9 Å². The predicted molar refractivity (Wildman–Crippen MR) is 95.2 cm³/mol. The van der Waals surface area contributed by atoms with Crippen LogP contribution < -0.4 is 0 Å². The van der Waals surface area contributed by atoms with E-state index >= 15 is 0 Å². The molecule has 1 aromatic heterocycles. The fraction of sp³-hybridized carbons (Fsp3) is 0.211. The number of hydrogen-bond acceptors (Lipinski definition) is 5. The summed E-state index contributed by atoms with van der Waals surface area (Å²) in [7, 11) is 0. The highest BCUT2D eigenvalue weighted by molar-refractivity contribution is 7.17. The first-order valence-corrected chi connectivity index (χ1v) is 8.44. The lowest BCUT2D eigenvalue weighted by atomic mass is 10.00. The van der Waals surface area contributed by atoms with E-state index in [1.807, 2.05) is 37.3 Å². The van der Waals surface area contributed by atoms with Crippen molar-refractivity contribution >= 4 is 28.1 Å². The minimum Gasteiger partial charge on any atom is -0.462 e. The Morgan fingerprint density at radius 3 is 2.79 bits per heavy atom. The number of ether oxygens (including phenoxy) is 1. The molecule has 1 heterocycles. The molecule has 4 nitrogen and oxygen atoms in total. The van der Waals surface area contributed by atoms with Gasteiger partial charge in [-0.2, -0.15) is 5.26 Å². The Balaban J connectivity index is 2.14. The van der Waals surface area contributed by atoms with Crippen molar-refractivity contribution in [3.05, 3.63) is 52.0 Å². The fourth-order valence-electron chi connectivity index (χ4n) is 2.59. The van der Waals surface area contributed by atoms with Crippen molar-refractivity contribution in [2.75, 3.05) is 6.61 Å². The van der Waals surface area contributed by atoms with Gasteiger partial charge < -0.3 is 4.74 Å². The summed E-state index contributed by atoms with van der Waals surface area (Å²) in [6, 6.07) is 12.1. The third-order valence-electron chi connectivity index (χ3n) is 3.73. The van der Waals surface area contributed by atoms with Crippen molar-refractivity contribution in [2.24, 2.45) is 0 Å². The molecular weight excluding hydrogens is 320 g/mol. The molecule has 0 radical (unpaired) electrons. The molecule has 3 rings (SSSR count). The number of carbonyl (C=O) groups excluding carboxylic acids is 1. The van der Waals surface area contributed by atoms with Gasteiger partial charge in [0.15, 0.2) is 0 Å². The van der Waals surface area contributed by atoms with Crippen LogP contribution in [0, 0.1) is 25.2 Å². The highest BCUT2D eigenvalue weighted by atomic mass is 32.1. The number of esters is 1. The molecule has 0 amide bonds. The topological polar surface area (TPSA) is 63.0 Å². The van der Waals surface area contributed by atoms with Crippen LogP contribution in [-0.2, 0) is 4.74 Å². The molecule has 0 fully saturated rings. The van der Waals surface area contributed by atoms with Crippen LogP contribution >= 0.6 is 11.3 Å². The Kier molecular flexibility index (Phi) is 4.32. The van der Waals surface area contributed by atoms with E-state index in [-0.39, 0.29) is 5.97 Å². The Morgan fingerprint density at radius 2 is 2.08 bits per heavy atom. The maximum Gasteiger partial charge on any atom is 0.350 e. The number of aromatic nitrogens is 1. The van der Waals surface area contributed by atoms with Crippen LogP contribution in [0.25, 0.3) is 21.3 Å². The van der Waals surface area contributed by atoms with Crippen molar-refractivity contribution in [3.63, 3.8) is 0 Å². The van der Waals surface area contributed by atoms with Crippen molar-refractivity contribution in [1.29, 1.82) is 5.26 Å². The summed E-state index contributed by atoms with van der Waals surface area (Å²) in [5.74, 6) is -0.351. The Hall–Kier alpha value is -2.71. The molecule has 0 spiro atoms. The van der Waals surface area contributed by atoms with Crippen molar-refractivity contribution in [2.45, 2.75) is 20.8 Å². The van der Waals surface area contributed by atoms with Gasteiger partial charge in [-0.15, -0.1) is 11.3 Å². The molecule has 120 valence electrons. The number of fused-ring (bicyclic) bond motifs is 1. The van der Waals surface area contributed by atoms with Gasteiger partial charge in [0.25, 0.3) is 0 Å². The number of aryl methyl sites for hydroxylation is 2. The summed E-state index contributed by atoms with van der Waals surface area (Å²) >= 11 is 1.30. The number of thiazole rings is 1. The molecule has 0 saturated heterocycles. The van der Waals surface area contributed by atoms with Gasteiger partial charge in [0.2, 0.25) is 0 Å². The molecule has 0 aliphatic carbocycles. The van der Waals surface area contributed by atoms with Crippen LogP contribution in [-0.4, -0.2) is 17.6 Å². The molecule has 3 aromatic rings. The summed E-state index contributed by atoms with van der Waals surface area (Å²) in [4.78, 5) is 17.0. The van der Waals surface area contributed by atoms with E-state index in [1.165, 1.54) is 11.3 Å². The van der Waals surface area contributed by atoms with Gasteiger partial charge in [-0.25, -0.2) is 9.78 Å². The molecule has 0 aliphatic heterocycles. The Labute approximate surface area is 144 Å². The molecule has 5 heteroatoms. The second-order valence-corrected chi connectivity index (χ2v) is 6.51. The Morgan fingerprint density at radius 1 is 1.29 bits per heavy atom. The predicted octanol–water partition coefficient (Wildman–Crippen LogP) is 4.63. The maximum atomic E-state index is 12.0. The number of benzene rings is 2. The molecule has 0 saturated carbocycles. The fourth-order valence-corrected chi connectivity index (χ4v) is 3.54. The van der Waals surface area contributed by atoms with Crippen molar-refractivity contribution in [3.8, 4) is 16.6 Å². The van der Waals surface area contributed by atoms with Gasteiger partial charge in [0.1, 0.15) is 9.88 Å². The number of nitriles is 1. The van der Waals surface area contributed by atoms with Gasteiger partial charge in [-0.05, 0) is 43.7 Å². The smallest absolute Gasteiger partial charge is 0.350 e. The Bertz CT molecular complexity index is 983. The van der Waals surface area contributed by atoms with E-state index in [0.717, 1.165) is 26.9 Å². The van der Waals surface area contributed by atoms with Crippen LogP contribution in [0.4, 0.5) is 0 Å². The van der Waals surface area contributed by atoms with Gasteiger partial charge in [0, 0.05) is 5.56 Å². The molecule has 2 aromatic carbocycles. The molecule has 0 atom stereocenters. The van der Waals surface area contributed by atoms with Crippen LogP contribution in [0.15, 0.2) is 30.3 Å². The second-order valence-electron chi connectivity index (χ2n) is 5.51. The first-order chi connectivity index (χ1) is 11.5. The zero-order valence-corrected chi connectivity index (χ0v) is 14.5. The van der Waals surface area contributed by atoms with Gasteiger partial charge >= 0.3 is 5.97 Å². The minimum absolute atomic E-state index is 0.333. The first kappa shape index (κ1) is 16.2. The highest BCUT2D eigenvalue weighted by Gasteiger charge is 2.18. The van der Waals surface area contributed by atoms with Crippen LogP contribution in [0.3, 0.4) is 0 Å². The van der Waals surface area contributed by atoms with E-state index in [2.05, 4.69) is 11.1 Å². The average Bonchev–Trinajstić information content (AvgIpc) is 2.96. The molecule has 0 N–H and O–H groups in total. The third-order valence-corrected chi connectivity index (χ3v) is 4.92. The van der Waals surface area contributed by atoms with Crippen molar-refractivity contribution < 1.29 is 9.53 Å². The maximum absolute atomic E-state index is 12.0. The average molecular weight is 336 g/mol. The van der Waals surface area contributed by atoms with E-state index in [9.17, 15) is 10.1 Å². The van der Waals surface area contributed by atoms with E-state index in [0.29, 0.717) is 22.7 Å². The molecule has 24 heavy (non-hydrogen) atoms. The summed E-state index contributed by atoms with van der Waals surface area (Å²) in [5.41, 5.74) is 3.21. The van der Waals surface area contributed by atoms with Gasteiger partial charge in [-0.1, -0.05) is 23.8 Å². The number of rotatable bonds is 3.